The zero-order valence-corrected chi connectivity index (χ0v) is 11.7. The van der Waals surface area contributed by atoms with Crippen molar-refractivity contribution < 1.29 is 4.74 Å². The van der Waals surface area contributed by atoms with E-state index >= 15 is 0 Å². The minimum Gasteiger partial charge on any atom is -0.424 e. The summed E-state index contributed by atoms with van der Waals surface area (Å²) in [5.74, 6) is 1.08. The van der Waals surface area contributed by atoms with E-state index < -0.39 is 0 Å². The molecule has 0 aliphatic carbocycles. The molecule has 3 rings (SSSR count). The SMILES string of the molecule is Cc1cccc(Oc2nc(N)nc(-n3cccn3)n2)c1C. The van der Waals surface area contributed by atoms with Gasteiger partial charge in [-0.3, -0.25) is 0 Å². The van der Waals surface area contributed by atoms with E-state index in [4.69, 9.17) is 10.5 Å². The van der Waals surface area contributed by atoms with E-state index in [0.29, 0.717) is 11.7 Å². The minimum absolute atomic E-state index is 0.0795. The van der Waals surface area contributed by atoms with Crippen LogP contribution in [0.5, 0.6) is 11.8 Å². The first-order valence-electron chi connectivity index (χ1n) is 6.39. The lowest BCUT2D eigenvalue weighted by Crippen LogP contribution is -2.08. The van der Waals surface area contributed by atoms with E-state index in [1.165, 1.54) is 4.68 Å². The van der Waals surface area contributed by atoms with Crippen molar-refractivity contribution in [2.24, 2.45) is 0 Å². The molecule has 0 radical (unpaired) electrons. The maximum Gasteiger partial charge on any atom is 0.328 e. The summed E-state index contributed by atoms with van der Waals surface area (Å²) >= 11 is 0. The molecule has 0 spiro atoms. The van der Waals surface area contributed by atoms with Crippen LogP contribution in [0.15, 0.2) is 36.7 Å². The van der Waals surface area contributed by atoms with Crippen LogP contribution in [0, 0.1) is 13.8 Å². The molecule has 0 fully saturated rings. The molecule has 0 atom stereocenters. The van der Waals surface area contributed by atoms with Crippen LogP contribution in [0.3, 0.4) is 0 Å². The van der Waals surface area contributed by atoms with E-state index in [0.717, 1.165) is 11.1 Å². The van der Waals surface area contributed by atoms with Crippen LogP contribution in [0.2, 0.25) is 0 Å². The van der Waals surface area contributed by atoms with E-state index in [1.807, 2.05) is 32.0 Å². The number of aryl methyl sites for hydroxylation is 1. The molecule has 7 nitrogen and oxygen atoms in total. The van der Waals surface area contributed by atoms with Crippen LogP contribution in [0.1, 0.15) is 11.1 Å². The third kappa shape index (κ3) is 2.66. The second kappa shape index (κ2) is 5.20. The number of rotatable bonds is 3. The van der Waals surface area contributed by atoms with Gasteiger partial charge in [0.05, 0.1) is 0 Å². The molecule has 0 aliphatic heterocycles. The van der Waals surface area contributed by atoms with E-state index in [-0.39, 0.29) is 12.0 Å². The third-order valence-electron chi connectivity index (χ3n) is 3.09. The third-order valence-corrected chi connectivity index (χ3v) is 3.09. The standard InChI is InChI=1S/C14H14N6O/c1-9-5-3-6-11(10(9)2)21-14-18-12(15)17-13(19-14)20-8-4-7-16-20/h3-8H,1-2H3,(H2,15,17,18,19). The van der Waals surface area contributed by atoms with Gasteiger partial charge in [-0.25, -0.2) is 4.68 Å². The highest BCUT2D eigenvalue weighted by atomic mass is 16.5. The van der Waals surface area contributed by atoms with Crippen molar-refractivity contribution in [2.45, 2.75) is 13.8 Å². The van der Waals surface area contributed by atoms with Gasteiger partial charge in [-0.1, -0.05) is 12.1 Å². The van der Waals surface area contributed by atoms with Gasteiger partial charge >= 0.3 is 6.01 Å². The first-order chi connectivity index (χ1) is 10.1. The molecular formula is C14H14N6O. The molecule has 7 heteroatoms. The Morgan fingerprint density at radius 2 is 1.95 bits per heavy atom. The van der Waals surface area contributed by atoms with Crippen LogP contribution in [0.4, 0.5) is 5.95 Å². The Hall–Kier alpha value is -2.96. The lowest BCUT2D eigenvalue weighted by Gasteiger charge is -2.09. The molecular weight excluding hydrogens is 268 g/mol. The molecule has 3 aromatic rings. The van der Waals surface area contributed by atoms with Crippen molar-refractivity contribution in [3.05, 3.63) is 47.8 Å². The quantitative estimate of drug-likeness (QED) is 0.790. The maximum atomic E-state index is 5.73. The molecule has 0 saturated carbocycles. The number of ether oxygens (including phenoxy) is 1. The lowest BCUT2D eigenvalue weighted by atomic mass is 10.1. The van der Waals surface area contributed by atoms with E-state index in [1.54, 1.807) is 18.5 Å². The van der Waals surface area contributed by atoms with Gasteiger partial charge in [0, 0.05) is 12.4 Å². The van der Waals surface area contributed by atoms with Gasteiger partial charge in [-0.15, -0.1) is 0 Å². The van der Waals surface area contributed by atoms with E-state index in [2.05, 4.69) is 20.1 Å². The van der Waals surface area contributed by atoms with Crippen LogP contribution in [0.25, 0.3) is 5.95 Å². The minimum atomic E-state index is 0.0795. The fourth-order valence-electron chi connectivity index (χ4n) is 1.83. The average Bonchev–Trinajstić information content (AvgIpc) is 2.97. The molecule has 0 bridgehead atoms. The number of aromatic nitrogens is 5. The molecule has 2 aromatic heterocycles. The Bertz CT molecular complexity index is 769. The Balaban J connectivity index is 1.98. The van der Waals surface area contributed by atoms with Crippen molar-refractivity contribution in [3.63, 3.8) is 0 Å². The number of benzene rings is 1. The Morgan fingerprint density at radius 1 is 1.10 bits per heavy atom. The summed E-state index contributed by atoms with van der Waals surface area (Å²) in [6, 6.07) is 7.69. The Kier molecular flexibility index (Phi) is 3.23. The van der Waals surface area contributed by atoms with Crippen molar-refractivity contribution in [3.8, 4) is 17.7 Å². The molecule has 2 N–H and O–H groups in total. The Labute approximate surface area is 121 Å². The van der Waals surface area contributed by atoms with Gasteiger partial charge in [-0.05, 0) is 37.1 Å². The lowest BCUT2D eigenvalue weighted by molar-refractivity contribution is 0.435. The topological polar surface area (TPSA) is 91.7 Å². The smallest absolute Gasteiger partial charge is 0.328 e. The van der Waals surface area contributed by atoms with Gasteiger partial charge in [-0.2, -0.15) is 20.1 Å². The second-order valence-electron chi connectivity index (χ2n) is 4.53. The number of nitrogens with two attached hydrogens (primary N) is 1. The predicted octanol–water partition coefficient (Wildman–Crippen LogP) is 2.05. The number of hydrogen-bond acceptors (Lipinski definition) is 6. The van der Waals surface area contributed by atoms with Crippen molar-refractivity contribution >= 4 is 5.95 Å². The first kappa shape index (κ1) is 13.0. The van der Waals surface area contributed by atoms with Crippen molar-refractivity contribution in [1.82, 2.24) is 24.7 Å². The summed E-state index contributed by atoms with van der Waals surface area (Å²) in [6.45, 7) is 3.99. The summed E-state index contributed by atoms with van der Waals surface area (Å²) in [7, 11) is 0. The van der Waals surface area contributed by atoms with Crippen molar-refractivity contribution in [1.29, 1.82) is 0 Å². The summed E-state index contributed by atoms with van der Waals surface area (Å²) in [5.41, 5.74) is 7.86. The van der Waals surface area contributed by atoms with Gasteiger partial charge in [0.1, 0.15) is 5.75 Å². The summed E-state index contributed by atoms with van der Waals surface area (Å²) in [6.07, 6.45) is 3.35. The molecule has 106 valence electrons. The highest BCUT2D eigenvalue weighted by Gasteiger charge is 2.10. The van der Waals surface area contributed by atoms with Gasteiger partial charge in [0.2, 0.25) is 5.95 Å². The number of anilines is 1. The fraction of sp³-hybridized carbons (Fsp3) is 0.143. The highest BCUT2D eigenvalue weighted by Crippen LogP contribution is 2.25. The van der Waals surface area contributed by atoms with E-state index in [9.17, 15) is 0 Å². The zero-order chi connectivity index (χ0) is 14.8. The van der Waals surface area contributed by atoms with Crippen LogP contribution < -0.4 is 10.5 Å². The van der Waals surface area contributed by atoms with Crippen LogP contribution in [-0.2, 0) is 0 Å². The summed E-state index contributed by atoms with van der Waals surface area (Å²) < 4.78 is 7.22. The van der Waals surface area contributed by atoms with Crippen LogP contribution in [-0.4, -0.2) is 24.7 Å². The highest BCUT2D eigenvalue weighted by molar-refractivity contribution is 5.40. The molecule has 0 aliphatic rings. The molecule has 2 heterocycles. The Morgan fingerprint density at radius 3 is 2.71 bits per heavy atom. The second-order valence-corrected chi connectivity index (χ2v) is 4.53. The molecule has 1 aromatic carbocycles. The molecule has 0 saturated heterocycles. The number of nitrogen functional groups attached to an aromatic ring is 1. The first-order valence-corrected chi connectivity index (χ1v) is 6.39. The fourth-order valence-corrected chi connectivity index (χ4v) is 1.83. The largest absolute Gasteiger partial charge is 0.424 e. The number of nitrogens with zero attached hydrogens (tertiary/aromatic N) is 5. The molecule has 0 unspecified atom stereocenters. The molecule has 21 heavy (non-hydrogen) atoms. The van der Waals surface area contributed by atoms with Crippen LogP contribution >= 0.6 is 0 Å². The predicted molar refractivity (Wildman–Crippen MR) is 77.4 cm³/mol. The normalized spacial score (nSPS) is 10.6. The van der Waals surface area contributed by atoms with Gasteiger partial charge < -0.3 is 10.5 Å². The maximum absolute atomic E-state index is 5.73. The van der Waals surface area contributed by atoms with Gasteiger partial charge in [0.25, 0.3) is 5.95 Å². The van der Waals surface area contributed by atoms with Gasteiger partial charge in [0.15, 0.2) is 0 Å². The monoisotopic (exact) mass is 282 g/mol. The molecule has 0 amide bonds. The summed E-state index contributed by atoms with van der Waals surface area (Å²) in [5, 5.41) is 4.06. The zero-order valence-electron chi connectivity index (χ0n) is 11.7. The number of hydrogen-bond donors (Lipinski definition) is 1. The van der Waals surface area contributed by atoms with Crippen molar-refractivity contribution in [2.75, 3.05) is 5.73 Å². The average molecular weight is 282 g/mol. The summed E-state index contributed by atoms with van der Waals surface area (Å²) in [4.78, 5) is 12.3.